The summed E-state index contributed by atoms with van der Waals surface area (Å²) in [6.07, 6.45) is 0.0918. The van der Waals surface area contributed by atoms with Crippen molar-refractivity contribution in [3.05, 3.63) is 59.7 Å². The molecule has 110 valence electrons. The quantitative estimate of drug-likeness (QED) is 0.751. The molecule has 1 unspecified atom stereocenters. The molecule has 2 rings (SSSR count). The van der Waals surface area contributed by atoms with Crippen molar-refractivity contribution >= 4 is 5.78 Å². The number of aryl methyl sites for hydroxylation is 1. The normalized spacial score (nSPS) is 11.8. The second-order valence-electron chi connectivity index (χ2n) is 4.90. The van der Waals surface area contributed by atoms with E-state index >= 15 is 0 Å². The maximum absolute atomic E-state index is 12.5. The Hall–Kier alpha value is -2.29. The smallest absolute Gasteiger partial charge is 0.203 e. The summed E-state index contributed by atoms with van der Waals surface area (Å²) >= 11 is 0. The van der Waals surface area contributed by atoms with Crippen LogP contribution in [0.25, 0.3) is 0 Å². The highest BCUT2D eigenvalue weighted by molar-refractivity contribution is 5.99. The van der Waals surface area contributed by atoms with Crippen LogP contribution in [0.3, 0.4) is 0 Å². The first-order chi connectivity index (χ1) is 10.2. The Morgan fingerprint density at radius 2 is 1.81 bits per heavy atom. The van der Waals surface area contributed by atoms with E-state index in [1.807, 2.05) is 50.2 Å². The number of carbonyl (C=O) groups excluding carboxylic acids is 1. The highest BCUT2D eigenvalue weighted by Gasteiger charge is 2.21. The van der Waals surface area contributed by atoms with Gasteiger partial charge in [0.2, 0.25) is 5.78 Å². The van der Waals surface area contributed by atoms with Crippen molar-refractivity contribution in [1.29, 1.82) is 0 Å². The standard InChI is InChI=1S/C18H20O3/c1-4-15(18(19)14-8-6-5-7-9-14)21-16-11-10-13(2)12-17(16)20-3/h5-12,15H,4H2,1-3H3. The van der Waals surface area contributed by atoms with Gasteiger partial charge in [0.1, 0.15) is 0 Å². The van der Waals surface area contributed by atoms with Gasteiger partial charge in [-0.3, -0.25) is 4.79 Å². The largest absolute Gasteiger partial charge is 0.493 e. The minimum absolute atomic E-state index is 0.0132. The topological polar surface area (TPSA) is 35.5 Å². The average molecular weight is 284 g/mol. The van der Waals surface area contributed by atoms with E-state index in [0.29, 0.717) is 23.5 Å². The zero-order valence-corrected chi connectivity index (χ0v) is 12.6. The summed E-state index contributed by atoms with van der Waals surface area (Å²) in [6, 6.07) is 14.9. The van der Waals surface area contributed by atoms with Gasteiger partial charge in [-0.25, -0.2) is 0 Å². The molecule has 21 heavy (non-hydrogen) atoms. The Labute approximate surface area is 125 Å². The molecule has 2 aromatic rings. The lowest BCUT2D eigenvalue weighted by Crippen LogP contribution is -2.26. The minimum Gasteiger partial charge on any atom is -0.493 e. The molecule has 3 nitrogen and oxygen atoms in total. The summed E-state index contributed by atoms with van der Waals surface area (Å²) in [7, 11) is 1.60. The number of ketones is 1. The number of Topliss-reactive ketones (excluding diaryl/α,β-unsaturated/α-hetero) is 1. The molecule has 0 aliphatic carbocycles. The second-order valence-corrected chi connectivity index (χ2v) is 4.90. The Morgan fingerprint density at radius 1 is 1.10 bits per heavy atom. The number of ether oxygens (including phenoxy) is 2. The average Bonchev–Trinajstić information content (AvgIpc) is 2.53. The molecule has 0 aromatic heterocycles. The van der Waals surface area contributed by atoms with Crippen LogP contribution >= 0.6 is 0 Å². The van der Waals surface area contributed by atoms with E-state index in [9.17, 15) is 4.79 Å². The Morgan fingerprint density at radius 3 is 2.43 bits per heavy atom. The number of hydrogen-bond donors (Lipinski definition) is 0. The molecule has 0 amide bonds. The van der Waals surface area contributed by atoms with Gasteiger partial charge in [0.25, 0.3) is 0 Å². The number of carbonyl (C=O) groups is 1. The molecule has 0 spiro atoms. The molecule has 0 N–H and O–H groups in total. The minimum atomic E-state index is -0.510. The summed E-state index contributed by atoms with van der Waals surface area (Å²) in [5.74, 6) is 1.23. The molecule has 2 aromatic carbocycles. The number of methoxy groups -OCH3 is 1. The predicted molar refractivity (Wildman–Crippen MR) is 83.2 cm³/mol. The fourth-order valence-corrected chi connectivity index (χ4v) is 2.14. The van der Waals surface area contributed by atoms with E-state index in [1.165, 1.54) is 0 Å². The predicted octanol–water partition coefficient (Wildman–Crippen LogP) is 4.04. The first-order valence-electron chi connectivity index (χ1n) is 7.06. The maximum Gasteiger partial charge on any atom is 0.203 e. The van der Waals surface area contributed by atoms with Crippen molar-refractivity contribution in [2.75, 3.05) is 7.11 Å². The molecular weight excluding hydrogens is 264 g/mol. The highest BCUT2D eigenvalue weighted by atomic mass is 16.5. The van der Waals surface area contributed by atoms with Gasteiger partial charge in [0.05, 0.1) is 7.11 Å². The van der Waals surface area contributed by atoms with E-state index in [1.54, 1.807) is 19.2 Å². The van der Waals surface area contributed by atoms with Crippen molar-refractivity contribution in [1.82, 2.24) is 0 Å². The van der Waals surface area contributed by atoms with Gasteiger partial charge in [0, 0.05) is 5.56 Å². The zero-order valence-electron chi connectivity index (χ0n) is 12.6. The molecule has 0 aliphatic rings. The fraction of sp³-hybridized carbons (Fsp3) is 0.278. The Kier molecular flexibility index (Phi) is 4.99. The summed E-state index contributed by atoms with van der Waals surface area (Å²) in [5.41, 5.74) is 1.75. The van der Waals surface area contributed by atoms with Gasteiger partial charge in [-0.05, 0) is 31.0 Å². The summed E-state index contributed by atoms with van der Waals surface area (Å²) in [4.78, 5) is 12.5. The third-order valence-electron chi connectivity index (χ3n) is 3.31. The first-order valence-corrected chi connectivity index (χ1v) is 7.06. The van der Waals surface area contributed by atoms with Crippen LogP contribution in [0, 0.1) is 6.92 Å². The summed E-state index contributed by atoms with van der Waals surface area (Å²) in [5, 5.41) is 0. The van der Waals surface area contributed by atoms with E-state index < -0.39 is 6.10 Å². The van der Waals surface area contributed by atoms with Crippen molar-refractivity contribution in [3.8, 4) is 11.5 Å². The van der Waals surface area contributed by atoms with Crippen LogP contribution in [0.4, 0.5) is 0 Å². The molecule has 0 heterocycles. The van der Waals surface area contributed by atoms with E-state index in [2.05, 4.69) is 0 Å². The Balaban J connectivity index is 2.22. The fourth-order valence-electron chi connectivity index (χ4n) is 2.14. The maximum atomic E-state index is 12.5. The monoisotopic (exact) mass is 284 g/mol. The van der Waals surface area contributed by atoms with Gasteiger partial charge >= 0.3 is 0 Å². The molecule has 0 bridgehead atoms. The van der Waals surface area contributed by atoms with Gasteiger partial charge in [0.15, 0.2) is 17.6 Å². The van der Waals surface area contributed by atoms with Crippen molar-refractivity contribution in [3.63, 3.8) is 0 Å². The van der Waals surface area contributed by atoms with Crippen molar-refractivity contribution in [2.24, 2.45) is 0 Å². The van der Waals surface area contributed by atoms with Gasteiger partial charge in [-0.1, -0.05) is 43.3 Å². The third kappa shape index (κ3) is 3.63. The highest BCUT2D eigenvalue weighted by Crippen LogP contribution is 2.29. The zero-order chi connectivity index (χ0) is 15.2. The van der Waals surface area contributed by atoms with Crippen LogP contribution in [-0.4, -0.2) is 19.0 Å². The van der Waals surface area contributed by atoms with Crippen LogP contribution < -0.4 is 9.47 Å². The SMILES string of the molecule is CCC(Oc1ccc(C)cc1OC)C(=O)c1ccccc1. The Bertz CT molecular complexity index is 605. The molecule has 0 radical (unpaired) electrons. The molecule has 0 saturated carbocycles. The molecule has 0 fully saturated rings. The van der Waals surface area contributed by atoms with Gasteiger partial charge in [-0.2, -0.15) is 0 Å². The van der Waals surface area contributed by atoms with Crippen LogP contribution in [0.15, 0.2) is 48.5 Å². The van der Waals surface area contributed by atoms with E-state index in [4.69, 9.17) is 9.47 Å². The molecule has 0 aliphatic heterocycles. The summed E-state index contributed by atoms with van der Waals surface area (Å²) in [6.45, 7) is 3.92. The lowest BCUT2D eigenvalue weighted by Gasteiger charge is -2.18. The lowest BCUT2D eigenvalue weighted by molar-refractivity contribution is 0.0781. The van der Waals surface area contributed by atoms with Crippen LogP contribution in [0.5, 0.6) is 11.5 Å². The molecule has 1 atom stereocenters. The summed E-state index contributed by atoms with van der Waals surface area (Å²) < 4.78 is 11.2. The van der Waals surface area contributed by atoms with E-state index in [-0.39, 0.29) is 5.78 Å². The van der Waals surface area contributed by atoms with Crippen molar-refractivity contribution < 1.29 is 14.3 Å². The van der Waals surface area contributed by atoms with Gasteiger partial charge < -0.3 is 9.47 Å². The van der Waals surface area contributed by atoms with E-state index in [0.717, 1.165) is 5.56 Å². The van der Waals surface area contributed by atoms with Crippen LogP contribution in [0.1, 0.15) is 29.3 Å². The molecular formula is C18H20O3. The molecule has 3 heteroatoms. The van der Waals surface area contributed by atoms with Gasteiger partial charge in [-0.15, -0.1) is 0 Å². The lowest BCUT2D eigenvalue weighted by atomic mass is 10.0. The second kappa shape index (κ2) is 6.93. The first kappa shape index (κ1) is 15.1. The number of benzene rings is 2. The number of hydrogen-bond acceptors (Lipinski definition) is 3. The third-order valence-corrected chi connectivity index (χ3v) is 3.31. The number of rotatable bonds is 6. The molecule has 0 saturated heterocycles. The van der Waals surface area contributed by atoms with Crippen LogP contribution in [0.2, 0.25) is 0 Å². The van der Waals surface area contributed by atoms with Crippen molar-refractivity contribution in [2.45, 2.75) is 26.4 Å². The van der Waals surface area contributed by atoms with Crippen LogP contribution in [-0.2, 0) is 0 Å².